The topological polar surface area (TPSA) is 85.8 Å². The van der Waals surface area contributed by atoms with Crippen LogP contribution in [0.1, 0.15) is 27.9 Å². The first-order valence-electron chi connectivity index (χ1n) is 14.3. The number of nitrogens with two attached hydrogens (primary N) is 1. The van der Waals surface area contributed by atoms with Gasteiger partial charge in [0.1, 0.15) is 12.4 Å². The lowest BCUT2D eigenvalue weighted by molar-refractivity contribution is 0.302. The molecular formula is C38H31N5O. The molecule has 0 bridgehead atoms. The minimum absolute atomic E-state index is 0.286. The molecule has 0 atom stereocenters. The van der Waals surface area contributed by atoms with E-state index in [0.29, 0.717) is 11.4 Å². The summed E-state index contributed by atoms with van der Waals surface area (Å²) in [5, 5.41) is 0.979. The van der Waals surface area contributed by atoms with Crippen LogP contribution in [0, 0.1) is 0 Å². The zero-order chi connectivity index (χ0) is 30.1. The fourth-order valence-corrected chi connectivity index (χ4v) is 4.99. The maximum absolute atomic E-state index is 6.57. The molecule has 0 fully saturated rings. The number of para-hydroxylation sites is 1. The first-order chi connectivity index (χ1) is 21.7. The number of aromatic nitrogens is 2. The molecule has 0 unspecified atom stereocenters. The van der Waals surface area contributed by atoms with Gasteiger partial charge < -0.3 is 10.5 Å². The van der Waals surface area contributed by atoms with Crippen LogP contribution in [0.15, 0.2) is 150 Å². The van der Waals surface area contributed by atoms with Gasteiger partial charge in [-0.3, -0.25) is 9.98 Å². The van der Waals surface area contributed by atoms with Crippen LogP contribution in [0.2, 0.25) is 0 Å². The first kappa shape index (κ1) is 28.2. The van der Waals surface area contributed by atoms with Crippen molar-refractivity contribution in [1.29, 1.82) is 0 Å². The number of hydrogen-bond donors (Lipinski definition) is 1. The SMILES string of the molecule is CN=C/C(=C(\N)c1ccc(OCc2cc(N=C(c3ccccc3)c3ccccc3)c3ccccc3n2)cc1)c1ccncc1. The minimum atomic E-state index is 0.286. The molecule has 2 N–H and O–H groups in total. The highest BCUT2D eigenvalue weighted by molar-refractivity contribution is 6.18. The Hall–Kier alpha value is -5.88. The van der Waals surface area contributed by atoms with Gasteiger partial charge >= 0.3 is 0 Å². The van der Waals surface area contributed by atoms with Crippen LogP contribution in [0.25, 0.3) is 22.2 Å². The Morgan fingerprint density at radius 3 is 2.02 bits per heavy atom. The maximum Gasteiger partial charge on any atom is 0.130 e. The summed E-state index contributed by atoms with van der Waals surface area (Å²) in [6, 6.07) is 42.1. The smallest absolute Gasteiger partial charge is 0.130 e. The second-order valence-corrected chi connectivity index (χ2v) is 10.1. The van der Waals surface area contributed by atoms with Crippen molar-refractivity contribution in [2.24, 2.45) is 15.7 Å². The molecule has 0 spiro atoms. The Morgan fingerprint density at radius 1 is 0.727 bits per heavy atom. The van der Waals surface area contributed by atoms with E-state index in [9.17, 15) is 0 Å². The van der Waals surface area contributed by atoms with Crippen molar-refractivity contribution < 1.29 is 4.74 Å². The van der Waals surface area contributed by atoms with Crippen molar-refractivity contribution >= 4 is 39.8 Å². The lowest BCUT2D eigenvalue weighted by Gasteiger charge is -2.12. The largest absolute Gasteiger partial charge is 0.487 e. The van der Waals surface area contributed by atoms with E-state index in [1.807, 2.05) is 97.1 Å². The molecule has 0 saturated carbocycles. The molecule has 0 aliphatic heterocycles. The third-order valence-corrected chi connectivity index (χ3v) is 7.17. The quantitative estimate of drug-likeness (QED) is 0.178. The lowest BCUT2D eigenvalue weighted by atomic mass is 10.0. The molecule has 0 aliphatic rings. The number of pyridine rings is 2. The summed E-state index contributed by atoms with van der Waals surface area (Å²) in [6.45, 7) is 0.286. The number of benzene rings is 4. The van der Waals surface area contributed by atoms with Gasteiger partial charge in [-0.2, -0.15) is 0 Å². The van der Waals surface area contributed by atoms with E-state index in [1.165, 1.54) is 0 Å². The molecule has 214 valence electrons. The summed E-state index contributed by atoms with van der Waals surface area (Å²) < 4.78 is 6.20. The third kappa shape index (κ3) is 6.45. The van der Waals surface area contributed by atoms with Crippen molar-refractivity contribution in [2.75, 3.05) is 7.05 Å². The van der Waals surface area contributed by atoms with E-state index in [2.05, 4.69) is 40.3 Å². The number of rotatable bonds is 9. The molecule has 0 aliphatic carbocycles. The Kier molecular flexibility index (Phi) is 8.60. The Balaban J connectivity index is 1.30. The Morgan fingerprint density at radius 2 is 1.36 bits per heavy atom. The van der Waals surface area contributed by atoms with Crippen molar-refractivity contribution in [3.05, 3.63) is 168 Å². The van der Waals surface area contributed by atoms with Gasteiger partial charge in [-0.1, -0.05) is 78.9 Å². The summed E-state index contributed by atoms with van der Waals surface area (Å²) in [5.74, 6) is 0.713. The predicted octanol–water partition coefficient (Wildman–Crippen LogP) is 7.91. The molecule has 6 rings (SSSR count). The number of fused-ring (bicyclic) bond motifs is 1. The second kappa shape index (κ2) is 13.4. The van der Waals surface area contributed by atoms with E-state index >= 15 is 0 Å². The van der Waals surface area contributed by atoms with E-state index in [-0.39, 0.29) is 6.61 Å². The Bertz CT molecular complexity index is 1910. The van der Waals surface area contributed by atoms with Gasteiger partial charge in [0.2, 0.25) is 0 Å². The molecule has 0 amide bonds. The second-order valence-electron chi connectivity index (χ2n) is 10.1. The standard InChI is InChI=1S/C38H31N5O/c1-40-25-34(27-20-22-41-23-21-27)37(39)28-16-18-32(19-17-28)44-26-31-24-36(33-14-8-9-15-35(33)42-31)43-38(29-10-4-2-5-11-29)30-12-6-3-7-13-30/h2-25H,26,39H2,1H3/b37-34+,40-25?. The van der Waals surface area contributed by atoms with E-state index < -0.39 is 0 Å². The van der Waals surface area contributed by atoms with Crippen LogP contribution in [0.3, 0.4) is 0 Å². The average molecular weight is 574 g/mol. The molecule has 2 heterocycles. The normalized spacial score (nSPS) is 11.8. The van der Waals surface area contributed by atoms with Crippen molar-refractivity contribution in [2.45, 2.75) is 6.61 Å². The van der Waals surface area contributed by atoms with Crippen LogP contribution in [0.5, 0.6) is 5.75 Å². The van der Waals surface area contributed by atoms with Crippen LogP contribution >= 0.6 is 0 Å². The molecule has 4 aromatic carbocycles. The van der Waals surface area contributed by atoms with E-state index in [1.54, 1.807) is 25.7 Å². The highest BCUT2D eigenvalue weighted by Crippen LogP contribution is 2.29. The van der Waals surface area contributed by atoms with Crippen molar-refractivity contribution in [3.8, 4) is 5.75 Å². The number of hydrogen-bond acceptors (Lipinski definition) is 6. The predicted molar refractivity (Wildman–Crippen MR) is 180 cm³/mol. The van der Waals surface area contributed by atoms with E-state index in [4.69, 9.17) is 20.4 Å². The highest BCUT2D eigenvalue weighted by atomic mass is 16.5. The fraction of sp³-hybridized carbons (Fsp3) is 0.0526. The van der Waals surface area contributed by atoms with Gasteiger partial charge in [-0.05, 0) is 59.7 Å². The molecule has 44 heavy (non-hydrogen) atoms. The third-order valence-electron chi connectivity index (χ3n) is 7.17. The zero-order valence-corrected chi connectivity index (χ0v) is 24.3. The lowest BCUT2D eigenvalue weighted by Crippen LogP contribution is -2.04. The van der Waals surface area contributed by atoms with Crippen LogP contribution in [0.4, 0.5) is 5.69 Å². The number of ether oxygens (including phenoxy) is 1. The fourth-order valence-electron chi connectivity index (χ4n) is 4.99. The molecular weight excluding hydrogens is 542 g/mol. The van der Waals surface area contributed by atoms with Crippen molar-refractivity contribution in [1.82, 2.24) is 9.97 Å². The van der Waals surface area contributed by atoms with Gasteiger partial charge in [0.25, 0.3) is 0 Å². The van der Waals surface area contributed by atoms with Crippen LogP contribution < -0.4 is 10.5 Å². The number of aliphatic imine (C=N–C) groups is 2. The van der Waals surface area contributed by atoms with Crippen LogP contribution in [-0.2, 0) is 6.61 Å². The van der Waals surface area contributed by atoms with Crippen molar-refractivity contribution in [3.63, 3.8) is 0 Å². The first-order valence-corrected chi connectivity index (χ1v) is 14.3. The summed E-state index contributed by atoms with van der Waals surface area (Å²) in [6.07, 6.45) is 5.25. The zero-order valence-electron chi connectivity index (χ0n) is 24.3. The summed E-state index contributed by atoms with van der Waals surface area (Å²) >= 11 is 0. The molecule has 6 heteroatoms. The number of nitrogens with zero attached hydrogens (tertiary/aromatic N) is 4. The summed E-state index contributed by atoms with van der Waals surface area (Å²) in [4.78, 5) is 18.4. The molecule has 0 saturated heterocycles. The Labute approximate surface area is 257 Å². The molecule has 2 aromatic heterocycles. The summed E-state index contributed by atoms with van der Waals surface area (Å²) in [7, 11) is 1.73. The van der Waals surface area contributed by atoms with Gasteiger partial charge in [0.05, 0.1) is 22.6 Å². The molecule has 6 aromatic rings. The average Bonchev–Trinajstić information content (AvgIpc) is 3.09. The van der Waals surface area contributed by atoms with Gasteiger partial charge in [-0.25, -0.2) is 9.98 Å². The molecule has 6 nitrogen and oxygen atoms in total. The molecule has 0 radical (unpaired) electrons. The minimum Gasteiger partial charge on any atom is -0.487 e. The van der Waals surface area contributed by atoms with Gasteiger partial charge in [0.15, 0.2) is 0 Å². The van der Waals surface area contributed by atoms with Gasteiger partial charge in [-0.15, -0.1) is 0 Å². The van der Waals surface area contributed by atoms with E-state index in [0.717, 1.165) is 55.8 Å². The van der Waals surface area contributed by atoms with Gasteiger partial charge in [0, 0.05) is 53.4 Å². The van der Waals surface area contributed by atoms with Crippen LogP contribution in [-0.4, -0.2) is 28.9 Å². The monoisotopic (exact) mass is 573 g/mol. The number of allylic oxidation sites excluding steroid dienone is 1. The highest BCUT2D eigenvalue weighted by Gasteiger charge is 2.12. The summed E-state index contributed by atoms with van der Waals surface area (Å²) in [5.41, 5.74) is 15.3. The maximum atomic E-state index is 6.57.